The molecule has 0 spiro atoms. The monoisotopic (exact) mass is 490 g/mol. The number of sulfonamides is 1. The van der Waals surface area contributed by atoms with E-state index in [-0.39, 0.29) is 39.9 Å². The fourth-order valence-electron chi connectivity index (χ4n) is 3.94. The first-order valence-corrected chi connectivity index (χ1v) is 12.3. The second kappa shape index (κ2) is 9.03. The standard InChI is InChI=1S/C22H23ClN4O5S/c1-25-19-9-8-15(33(31,32)24-18-7-3-2-6-17(18)23)14-16(19)21(29)27(22(25)30)13-10-20(28)26-11-4-5-12-26/h2-3,6-9,14,24H,4-5,10-13H2,1H3. The zero-order valence-corrected chi connectivity index (χ0v) is 19.5. The van der Waals surface area contributed by atoms with Crippen LogP contribution in [0.1, 0.15) is 19.3 Å². The maximum absolute atomic E-state index is 13.1. The number of aromatic nitrogens is 2. The summed E-state index contributed by atoms with van der Waals surface area (Å²) in [7, 11) is -2.55. The van der Waals surface area contributed by atoms with Gasteiger partial charge in [-0.1, -0.05) is 23.7 Å². The van der Waals surface area contributed by atoms with Gasteiger partial charge in [-0.05, 0) is 43.2 Å². The number of halogens is 1. The summed E-state index contributed by atoms with van der Waals surface area (Å²) in [6.45, 7) is 1.29. The van der Waals surface area contributed by atoms with Gasteiger partial charge in [0.05, 0.1) is 26.5 Å². The number of fused-ring (bicyclic) bond motifs is 1. The lowest BCUT2D eigenvalue weighted by Crippen LogP contribution is -2.40. The van der Waals surface area contributed by atoms with E-state index in [0.717, 1.165) is 17.4 Å². The van der Waals surface area contributed by atoms with Gasteiger partial charge in [-0.15, -0.1) is 0 Å². The van der Waals surface area contributed by atoms with Crippen LogP contribution in [0.5, 0.6) is 0 Å². The van der Waals surface area contributed by atoms with E-state index in [1.54, 1.807) is 23.1 Å². The van der Waals surface area contributed by atoms with Gasteiger partial charge in [-0.2, -0.15) is 0 Å². The Morgan fingerprint density at radius 1 is 1.09 bits per heavy atom. The summed E-state index contributed by atoms with van der Waals surface area (Å²) >= 11 is 6.06. The Morgan fingerprint density at radius 3 is 2.48 bits per heavy atom. The molecule has 174 valence electrons. The minimum absolute atomic E-state index is 0.0205. The first-order chi connectivity index (χ1) is 15.7. The Morgan fingerprint density at radius 2 is 1.79 bits per heavy atom. The number of rotatable bonds is 6. The summed E-state index contributed by atoms with van der Waals surface area (Å²) in [6.07, 6.45) is 1.92. The molecule has 1 aliphatic heterocycles. The highest BCUT2D eigenvalue weighted by Crippen LogP contribution is 2.25. The van der Waals surface area contributed by atoms with Gasteiger partial charge >= 0.3 is 5.69 Å². The molecule has 9 nitrogen and oxygen atoms in total. The first kappa shape index (κ1) is 23.1. The summed E-state index contributed by atoms with van der Waals surface area (Å²) in [6, 6.07) is 10.4. The molecule has 1 fully saturated rings. The number of hydrogen-bond donors (Lipinski definition) is 1. The smallest absolute Gasteiger partial charge is 0.331 e. The summed E-state index contributed by atoms with van der Waals surface area (Å²) in [5.74, 6) is -0.109. The van der Waals surface area contributed by atoms with Gasteiger partial charge in [-0.25, -0.2) is 13.2 Å². The molecule has 11 heteroatoms. The second-order valence-electron chi connectivity index (χ2n) is 7.90. The normalized spacial score (nSPS) is 14.1. The Balaban J connectivity index is 1.70. The fraction of sp³-hybridized carbons (Fsp3) is 0.318. The molecular formula is C22H23ClN4O5S. The van der Waals surface area contributed by atoms with Crippen molar-refractivity contribution in [2.45, 2.75) is 30.7 Å². The molecule has 2 heterocycles. The highest BCUT2D eigenvalue weighted by molar-refractivity contribution is 7.92. The summed E-state index contributed by atoms with van der Waals surface area (Å²) in [5.41, 5.74) is -0.704. The number of anilines is 1. The molecule has 1 saturated heterocycles. The van der Waals surface area contributed by atoms with Crippen LogP contribution in [0.3, 0.4) is 0 Å². The van der Waals surface area contributed by atoms with Crippen LogP contribution in [0.25, 0.3) is 10.9 Å². The Hall–Kier alpha value is -3.11. The van der Waals surface area contributed by atoms with Crippen molar-refractivity contribution >= 4 is 44.1 Å². The molecule has 1 amide bonds. The molecule has 1 N–H and O–H groups in total. The molecule has 0 aliphatic carbocycles. The Labute approximate surface area is 195 Å². The van der Waals surface area contributed by atoms with E-state index in [0.29, 0.717) is 18.6 Å². The van der Waals surface area contributed by atoms with Gasteiger partial charge in [0.2, 0.25) is 5.91 Å². The van der Waals surface area contributed by atoms with Crippen molar-refractivity contribution in [1.82, 2.24) is 14.0 Å². The van der Waals surface area contributed by atoms with Crippen LogP contribution in [0.4, 0.5) is 5.69 Å². The van der Waals surface area contributed by atoms with Crippen LogP contribution in [0, 0.1) is 0 Å². The third kappa shape index (κ3) is 4.53. The van der Waals surface area contributed by atoms with E-state index in [9.17, 15) is 22.8 Å². The van der Waals surface area contributed by atoms with Crippen LogP contribution >= 0.6 is 11.6 Å². The first-order valence-electron chi connectivity index (χ1n) is 10.5. The highest BCUT2D eigenvalue weighted by Gasteiger charge is 2.21. The third-order valence-corrected chi connectivity index (χ3v) is 7.45. The molecule has 1 aromatic heterocycles. The molecule has 0 saturated carbocycles. The van der Waals surface area contributed by atoms with E-state index in [2.05, 4.69) is 4.72 Å². The van der Waals surface area contributed by atoms with Crippen molar-refractivity contribution in [3.05, 3.63) is 68.3 Å². The van der Waals surface area contributed by atoms with Crippen LogP contribution < -0.4 is 16.0 Å². The van der Waals surface area contributed by atoms with Crippen LogP contribution in [0.15, 0.2) is 56.9 Å². The van der Waals surface area contributed by atoms with Crippen molar-refractivity contribution in [1.29, 1.82) is 0 Å². The number of carbonyl (C=O) groups is 1. The Bertz CT molecular complexity index is 1460. The lowest BCUT2D eigenvalue weighted by atomic mass is 10.2. The topological polar surface area (TPSA) is 110 Å². The van der Waals surface area contributed by atoms with Gasteiger partial charge in [0.25, 0.3) is 15.6 Å². The van der Waals surface area contributed by atoms with Crippen molar-refractivity contribution in [2.75, 3.05) is 17.8 Å². The van der Waals surface area contributed by atoms with Gasteiger partial charge in [-0.3, -0.25) is 23.4 Å². The molecule has 4 rings (SSSR count). The molecule has 3 aromatic rings. The molecule has 0 unspecified atom stereocenters. The summed E-state index contributed by atoms with van der Waals surface area (Å²) in [4.78, 5) is 39.8. The minimum Gasteiger partial charge on any atom is -0.343 e. The summed E-state index contributed by atoms with van der Waals surface area (Å²) in [5, 5.41) is 0.294. The van der Waals surface area contributed by atoms with Crippen molar-refractivity contribution in [3.63, 3.8) is 0 Å². The van der Waals surface area contributed by atoms with E-state index < -0.39 is 21.3 Å². The number of para-hydroxylation sites is 1. The lowest BCUT2D eigenvalue weighted by molar-refractivity contribution is -0.130. The maximum atomic E-state index is 13.1. The summed E-state index contributed by atoms with van der Waals surface area (Å²) < 4.78 is 30.5. The van der Waals surface area contributed by atoms with Gasteiger partial charge in [0, 0.05) is 33.1 Å². The van der Waals surface area contributed by atoms with Gasteiger partial charge in [0.1, 0.15) is 0 Å². The lowest BCUT2D eigenvalue weighted by Gasteiger charge is -2.16. The van der Waals surface area contributed by atoms with Crippen molar-refractivity contribution < 1.29 is 13.2 Å². The minimum atomic E-state index is -4.05. The molecule has 0 radical (unpaired) electrons. The third-order valence-electron chi connectivity index (χ3n) is 5.76. The molecular weight excluding hydrogens is 468 g/mol. The number of carbonyl (C=O) groups excluding carboxylic acids is 1. The quantitative estimate of drug-likeness (QED) is 0.569. The number of likely N-dealkylation sites (tertiary alicyclic amines) is 1. The average Bonchev–Trinajstić information content (AvgIpc) is 3.33. The fourth-order valence-corrected chi connectivity index (χ4v) is 5.28. The molecule has 2 aromatic carbocycles. The van der Waals surface area contributed by atoms with E-state index in [1.807, 2.05) is 0 Å². The Kier molecular flexibility index (Phi) is 6.31. The van der Waals surface area contributed by atoms with Crippen LogP contribution in [0.2, 0.25) is 5.02 Å². The van der Waals surface area contributed by atoms with Crippen LogP contribution in [-0.4, -0.2) is 41.4 Å². The molecule has 1 aliphatic rings. The van der Waals surface area contributed by atoms with Crippen LogP contribution in [-0.2, 0) is 28.4 Å². The predicted molar refractivity (Wildman–Crippen MR) is 126 cm³/mol. The number of benzene rings is 2. The van der Waals surface area contributed by atoms with Crippen molar-refractivity contribution in [2.24, 2.45) is 7.05 Å². The number of nitrogens with zero attached hydrogens (tertiary/aromatic N) is 3. The molecule has 0 bridgehead atoms. The predicted octanol–water partition coefficient (Wildman–Crippen LogP) is 2.17. The SMILES string of the molecule is Cn1c(=O)n(CCC(=O)N2CCCC2)c(=O)c2cc(S(=O)(=O)Nc3ccccc3Cl)ccc21. The maximum Gasteiger partial charge on any atom is 0.331 e. The highest BCUT2D eigenvalue weighted by atomic mass is 35.5. The average molecular weight is 491 g/mol. The van der Waals surface area contributed by atoms with E-state index >= 15 is 0 Å². The number of aryl methyl sites for hydroxylation is 1. The van der Waals surface area contributed by atoms with Gasteiger partial charge < -0.3 is 4.90 Å². The number of hydrogen-bond acceptors (Lipinski definition) is 5. The number of amides is 1. The zero-order chi connectivity index (χ0) is 23.8. The second-order valence-corrected chi connectivity index (χ2v) is 9.99. The molecule has 33 heavy (non-hydrogen) atoms. The zero-order valence-electron chi connectivity index (χ0n) is 18.0. The van der Waals surface area contributed by atoms with Crippen molar-refractivity contribution in [3.8, 4) is 0 Å². The molecule has 0 atom stereocenters. The van der Waals surface area contributed by atoms with E-state index in [4.69, 9.17) is 11.6 Å². The van der Waals surface area contributed by atoms with Gasteiger partial charge in [0.15, 0.2) is 0 Å². The largest absolute Gasteiger partial charge is 0.343 e. The number of nitrogens with one attached hydrogen (secondary N) is 1. The van der Waals surface area contributed by atoms with E-state index in [1.165, 1.54) is 35.9 Å².